The second kappa shape index (κ2) is 13.4. The second-order valence-electron chi connectivity index (χ2n) is 6.97. The average molecular weight is 416 g/mol. The van der Waals surface area contributed by atoms with E-state index < -0.39 is 54.3 Å². The van der Waals surface area contributed by atoms with Gasteiger partial charge in [-0.15, -0.1) is 0 Å². The van der Waals surface area contributed by atoms with E-state index in [9.17, 15) is 29.1 Å². The van der Waals surface area contributed by atoms with Crippen LogP contribution >= 0.6 is 0 Å². The third-order valence-electron chi connectivity index (χ3n) is 4.01. The molecular weight excluding hydrogens is 384 g/mol. The van der Waals surface area contributed by atoms with Gasteiger partial charge in [-0.25, -0.2) is 4.79 Å². The lowest BCUT2D eigenvalue weighted by molar-refractivity contribution is -0.142. The Morgan fingerprint density at radius 3 is 2.10 bits per heavy atom. The molecule has 0 aromatic heterocycles. The number of carbonyl (C=O) groups is 5. The first-order valence-corrected chi connectivity index (χ1v) is 9.33. The van der Waals surface area contributed by atoms with Gasteiger partial charge in [0, 0.05) is 0 Å². The lowest BCUT2D eigenvalue weighted by Gasteiger charge is -2.24. The largest absolute Gasteiger partial charge is 0.480 e. The summed E-state index contributed by atoms with van der Waals surface area (Å²) < 4.78 is 0. The number of hydrogen-bond acceptors (Lipinski definition) is 7. The highest BCUT2D eigenvalue weighted by Crippen LogP contribution is 2.06. The normalized spacial score (nSPS) is 13.8. The van der Waals surface area contributed by atoms with Gasteiger partial charge in [0.1, 0.15) is 12.1 Å². The van der Waals surface area contributed by atoms with Gasteiger partial charge in [-0.05, 0) is 31.7 Å². The van der Waals surface area contributed by atoms with Crippen molar-refractivity contribution < 1.29 is 29.1 Å². The van der Waals surface area contributed by atoms with Crippen molar-refractivity contribution >= 4 is 29.6 Å². The lowest BCUT2D eigenvalue weighted by atomic mass is 10.0. The van der Waals surface area contributed by atoms with E-state index in [1.165, 1.54) is 0 Å². The van der Waals surface area contributed by atoms with Crippen molar-refractivity contribution in [2.24, 2.45) is 23.1 Å². The smallest absolute Gasteiger partial charge is 0.326 e. The lowest BCUT2D eigenvalue weighted by Crippen LogP contribution is -2.55. The molecule has 0 aliphatic heterocycles. The Bertz CT molecular complexity index is 597. The van der Waals surface area contributed by atoms with Crippen LogP contribution in [0, 0.1) is 5.92 Å². The van der Waals surface area contributed by atoms with Crippen molar-refractivity contribution in [3.8, 4) is 0 Å². The third-order valence-corrected chi connectivity index (χ3v) is 4.01. The van der Waals surface area contributed by atoms with E-state index in [1.807, 2.05) is 0 Å². The monoisotopic (exact) mass is 416 g/mol. The molecule has 0 bridgehead atoms. The van der Waals surface area contributed by atoms with Gasteiger partial charge in [-0.3, -0.25) is 19.2 Å². The molecule has 29 heavy (non-hydrogen) atoms. The van der Waals surface area contributed by atoms with E-state index in [2.05, 4.69) is 16.0 Å². The molecule has 0 spiro atoms. The summed E-state index contributed by atoms with van der Waals surface area (Å²) in [5.41, 5.74) is 15.8. The molecule has 0 saturated heterocycles. The van der Waals surface area contributed by atoms with Crippen molar-refractivity contribution in [2.45, 2.75) is 57.7 Å². The van der Waals surface area contributed by atoms with Crippen molar-refractivity contribution in [1.82, 2.24) is 16.0 Å². The molecule has 0 aromatic carbocycles. The number of rotatable bonds is 14. The molecule has 12 heteroatoms. The Morgan fingerprint density at radius 1 is 1.00 bits per heavy atom. The van der Waals surface area contributed by atoms with E-state index in [0.717, 1.165) is 0 Å². The van der Waals surface area contributed by atoms with Gasteiger partial charge in [-0.2, -0.15) is 0 Å². The van der Waals surface area contributed by atoms with Crippen LogP contribution in [-0.4, -0.2) is 65.9 Å². The molecule has 0 heterocycles. The van der Waals surface area contributed by atoms with E-state index in [0.29, 0.717) is 19.4 Å². The van der Waals surface area contributed by atoms with E-state index in [-0.39, 0.29) is 18.8 Å². The van der Waals surface area contributed by atoms with Crippen molar-refractivity contribution in [2.75, 3.05) is 13.1 Å². The van der Waals surface area contributed by atoms with Gasteiger partial charge >= 0.3 is 5.97 Å². The number of unbranched alkanes of at least 4 members (excludes halogenated alkanes) is 1. The number of primary amides is 1. The van der Waals surface area contributed by atoms with Crippen LogP contribution in [0.4, 0.5) is 0 Å². The highest BCUT2D eigenvalue weighted by Gasteiger charge is 2.28. The summed E-state index contributed by atoms with van der Waals surface area (Å²) in [7, 11) is 0. The summed E-state index contributed by atoms with van der Waals surface area (Å²) in [5, 5.41) is 16.4. The van der Waals surface area contributed by atoms with Crippen LogP contribution < -0.4 is 33.2 Å². The van der Waals surface area contributed by atoms with Crippen LogP contribution in [-0.2, 0) is 24.0 Å². The number of nitrogens with one attached hydrogen (secondary N) is 3. The minimum atomic E-state index is -1.19. The summed E-state index contributed by atoms with van der Waals surface area (Å²) in [5.74, 6) is -4.34. The quantitative estimate of drug-likeness (QED) is 0.146. The predicted molar refractivity (Wildman–Crippen MR) is 104 cm³/mol. The van der Waals surface area contributed by atoms with E-state index in [4.69, 9.17) is 17.2 Å². The first-order chi connectivity index (χ1) is 13.5. The maximum absolute atomic E-state index is 12.5. The number of hydrogen-bond donors (Lipinski definition) is 7. The van der Waals surface area contributed by atoms with Crippen LogP contribution in [0.25, 0.3) is 0 Å². The molecular formula is C17H32N6O6. The van der Waals surface area contributed by atoms with E-state index >= 15 is 0 Å². The predicted octanol–water partition coefficient (Wildman–Crippen LogP) is -2.86. The molecule has 3 atom stereocenters. The Labute approximate surface area is 169 Å². The van der Waals surface area contributed by atoms with Gasteiger partial charge in [0.2, 0.25) is 23.6 Å². The highest BCUT2D eigenvalue weighted by molar-refractivity contribution is 5.93. The number of nitrogens with two attached hydrogens (primary N) is 3. The SMILES string of the molecule is CC(C)C(NC(=O)CNC(=O)C(N)CC(N)=O)C(=O)NC(CCCCN)C(=O)O. The molecule has 0 radical (unpaired) electrons. The fourth-order valence-electron chi connectivity index (χ4n) is 2.38. The first kappa shape index (κ1) is 26.3. The zero-order valence-electron chi connectivity index (χ0n) is 16.8. The van der Waals surface area contributed by atoms with Crippen molar-refractivity contribution in [1.29, 1.82) is 0 Å². The summed E-state index contributed by atoms with van der Waals surface area (Å²) >= 11 is 0. The van der Waals surface area contributed by atoms with E-state index in [1.54, 1.807) is 13.8 Å². The number of carbonyl (C=O) groups excluding carboxylic acids is 4. The number of carboxylic acids is 1. The molecule has 4 amide bonds. The molecule has 0 rings (SSSR count). The van der Waals surface area contributed by atoms with Crippen molar-refractivity contribution in [3.05, 3.63) is 0 Å². The summed E-state index contributed by atoms with van der Waals surface area (Å²) in [6, 6.07) is -3.29. The fraction of sp³-hybridized carbons (Fsp3) is 0.706. The average Bonchev–Trinajstić information content (AvgIpc) is 2.62. The van der Waals surface area contributed by atoms with Crippen LogP contribution in [0.3, 0.4) is 0 Å². The van der Waals surface area contributed by atoms with Gasteiger partial charge in [0.25, 0.3) is 0 Å². The van der Waals surface area contributed by atoms with Gasteiger partial charge in [-0.1, -0.05) is 13.8 Å². The van der Waals surface area contributed by atoms with Crippen LogP contribution in [0.5, 0.6) is 0 Å². The standard InChI is InChI=1S/C17H32N6O6/c1-9(2)14(16(27)22-11(17(28)29)5-3-4-6-18)23-13(25)8-21-15(26)10(19)7-12(20)24/h9-11,14H,3-8,18-19H2,1-2H3,(H2,20,24)(H,21,26)(H,22,27)(H,23,25)(H,28,29). The van der Waals surface area contributed by atoms with Gasteiger partial charge < -0.3 is 38.3 Å². The number of amides is 4. The molecule has 3 unspecified atom stereocenters. The number of carboxylic acid groups (broad SMARTS) is 1. The van der Waals surface area contributed by atoms with Crippen molar-refractivity contribution in [3.63, 3.8) is 0 Å². The summed E-state index contributed by atoms with van der Waals surface area (Å²) in [6.07, 6.45) is 1.00. The fourth-order valence-corrected chi connectivity index (χ4v) is 2.38. The zero-order chi connectivity index (χ0) is 22.6. The minimum absolute atomic E-state index is 0.213. The van der Waals surface area contributed by atoms with Gasteiger partial charge in [0.05, 0.1) is 19.0 Å². The molecule has 0 saturated carbocycles. The maximum Gasteiger partial charge on any atom is 0.326 e. The topological polar surface area (TPSA) is 220 Å². The van der Waals surface area contributed by atoms with Crippen LogP contribution in [0.1, 0.15) is 39.5 Å². The summed E-state index contributed by atoms with van der Waals surface area (Å²) in [4.78, 5) is 58.3. The summed E-state index contributed by atoms with van der Waals surface area (Å²) in [6.45, 7) is 3.30. The van der Waals surface area contributed by atoms with Gasteiger partial charge in [0.15, 0.2) is 0 Å². The van der Waals surface area contributed by atoms with Crippen LogP contribution in [0.15, 0.2) is 0 Å². The molecule has 0 aromatic rings. The molecule has 166 valence electrons. The molecule has 0 aliphatic rings. The Balaban J connectivity index is 4.77. The number of aliphatic carboxylic acids is 1. The Kier molecular flexibility index (Phi) is 12.2. The Morgan fingerprint density at radius 2 is 1.62 bits per heavy atom. The maximum atomic E-state index is 12.5. The minimum Gasteiger partial charge on any atom is -0.480 e. The molecule has 0 fully saturated rings. The molecule has 10 N–H and O–H groups in total. The zero-order valence-corrected chi connectivity index (χ0v) is 16.8. The Hall–Kier alpha value is -2.73. The molecule has 12 nitrogen and oxygen atoms in total. The first-order valence-electron chi connectivity index (χ1n) is 9.33. The highest BCUT2D eigenvalue weighted by atomic mass is 16.4. The third kappa shape index (κ3) is 11.0. The molecule has 0 aliphatic carbocycles. The second-order valence-corrected chi connectivity index (χ2v) is 6.97. The van der Waals surface area contributed by atoms with Crippen LogP contribution in [0.2, 0.25) is 0 Å².